The molecule has 0 spiro atoms. The van der Waals surface area contributed by atoms with Gasteiger partial charge in [-0.1, -0.05) is 51.3 Å². The highest BCUT2D eigenvalue weighted by Gasteiger charge is 2.15. The third-order valence-electron chi connectivity index (χ3n) is 3.67. The average Bonchev–Trinajstić information content (AvgIpc) is 2.93. The van der Waals surface area contributed by atoms with Crippen molar-refractivity contribution in [1.82, 2.24) is 5.32 Å². The predicted octanol–water partition coefficient (Wildman–Crippen LogP) is 4.68. The van der Waals surface area contributed by atoms with E-state index < -0.39 is 0 Å². The van der Waals surface area contributed by atoms with Gasteiger partial charge < -0.3 is 14.5 Å². The summed E-state index contributed by atoms with van der Waals surface area (Å²) in [5.41, 5.74) is 0.943. The summed E-state index contributed by atoms with van der Waals surface area (Å²) in [4.78, 5) is 0. The van der Waals surface area contributed by atoms with Crippen molar-refractivity contribution in [2.24, 2.45) is 0 Å². The quantitative estimate of drug-likeness (QED) is 0.645. The molecular formula is C18H27NO2. The number of fused-ring (bicyclic) bond motifs is 1. The highest BCUT2D eigenvalue weighted by Crippen LogP contribution is 2.24. The van der Waals surface area contributed by atoms with Crippen LogP contribution in [0.25, 0.3) is 11.0 Å². The Morgan fingerprint density at radius 3 is 2.76 bits per heavy atom. The molecule has 0 radical (unpaired) electrons. The second kappa shape index (κ2) is 8.85. The summed E-state index contributed by atoms with van der Waals surface area (Å²) in [5, 5.41) is 4.59. The largest absolute Gasteiger partial charge is 0.459 e. The van der Waals surface area contributed by atoms with Crippen molar-refractivity contribution in [3.63, 3.8) is 0 Å². The van der Waals surface area contributed by atoms with E-state index in [2.05, 4.69) is 31.3 Å². The van der Waals surface area contributed by atoms with E-state index in [0.29, 0.717) is 6.61 Å². The normalized spacial score (nSPS) is 12.9. The maximum Gasteiger partial charge on any atom is 0.134 e. The van der Waals surface area contributed by atoms with E-state index in [0.717, 1.165) is 36.3 Å². The zero-order valence-electron chi connectivity index (χ0n) is 13.2. The van der Waals surface area contributed by atoms with Gasteiger partial charge in [0.1, 0.15) is 11.3 Å². The van der Waals surface area contributed by atoms with Crippen molar-refractivity contribution in [1.29, 1.82) is 0 Å². The molecule has 1 N–H and O–H groups in total. The van der Waals surface area contributed by atoms with Gasteiger partial charge in [0.25, 0.3) is 0 Å². The van der Waals surface area contributed by atoms with Gasteiger partial charge in [0.05, 0.1) is 12.6 Å². The summed E-state index contributed by atoms with van der Waals surface area (Å²) in [7, 11) is 0. The van der Waals surface area contributed by atoms with Crippen LogP contribution in [0.1, 0.15) is 51.3 Å². The Labute approximate surface area is 127 Å². The van der Waals surface area contributed by atoms with Gasteiger partial charge in [0, 0.05) is 12.0 Å². The molecule has 1 atom stereocenters. The third kappa shape index (κ3) is 4.87. The molecular weight excluding hydrogens is 262 g/mol. The molecule has 116 valence electrons. The molecule has 3 nitrogen and oxygen atoms in total. The van der Waals surface area contributed by atoms with Gasteiger partial charge in [-0.2, -0.15) is 0 Å². The number of hydrogen-bond acceptors (Lipinski definition) is 3. The zero-order chi connectivity index (χ0) is 14.9. The van der Waals surface area contributed by atoms with Gasteiger partial charge in [0.2, 0.25) is 0 Å². The van der Waals surface area contributed by atoms with Gasteiger partial charge in [0.15, 0.2) is 0 Å². The second-order valence-electron chi connectivity index (χ2n) is 5.43. The molecule has 1 aromatic carbocycles. The van der Waals surface area contributed by atoms with E-state index in [1.54, 1.807) is 0 Å². The van der Waals surface area contributed by atoms with Crippen LogP contribution in [-0.4, -0.2) is 19.8 Å². The van der Waals surface area contributed by atoms with Crippen LogP contribution in [0.15, 0.2) is 34.7 Å². The molecule has 0 saturated carbocycles. The summed E-state index contributed by atoms with van der Waals surface area (Å²) < 4.78 is 11.8. The minimum atomic E-state index is 0.133. The molecule has 0 fully saturated rings. The van der Waals surface area contributed by atoms with Crippen molar-refractivity contribution in [2.45, 2.75) is 45.6 Å². The minimum Gasteiger partial charge on any atom is -0.459 e. The molecule has 0 amide bonds. The molecule has 1 unspecified atom stereocenters. The average molecular weight is 289 g/mol. The molecule has 2 rings (SSSR count). The van der Waals surface area contributed by atoms with Gasteiger partial charge >= 0.3 is 0 Å². The SMILES string of the molecule is CCCCCCOCC(NCC)c1cc2ccccc2o1. The standard InChI is InChI=1S/C18H27NO2/c1-3-5-6-9-12-20-14-16(19-4-2)18-13-15-10-7-8-11-17(15)21-18/h7-8,10-11,13,16,19H,3-6,9,12,14H2,1-2H3. The fourth-order valence-electron chi connectivity index (χ4n) is 2.49. The molecule has 0 aliphatic heterocycles. The molecule has 3 heteroatoms. The highest BCUT2D eigenvalue weighted by atomic mass is 16.5. The molecule has 1 aromatic heterocycles. The lowest BCUT2D eigenvalue weighted by Crippen LogP contribution is -2.25. The lowest BCUT2D eigenvalue weighted by atomic mass is 10.2. The molecule has 2 aromatic rings. The molecule has 0 bridgehead atoms. The number of benzene rings is 1. The Morgan fingerprint density at radius 2 is 2.00 bits per heavy atom. The first-order valence-electron chi connectivity index (χ1n) is 8.14. The fourth-order valence-corrected chi connectivity index (χ4v) is 2.49. The van der Waals surface area contributed by atoms with Crippen molar-refractivity contribution in [3.8, 4) is 0 Å². The predicted molar refractivity (Wildman–Crippen MR) is 87.6 cm³/mol. The van der Waals surface area contributed by atoms with Crippen LogP contribution in [-0.2, 0) is 4.74 Å². The maximum absolute atomic E-state index is 5.94. The highest BCUT2D eigenvalue weighted by molar-refractivity contribution is 5.77. The molecule has 0 aliphatic rings. The van der Waals surface area contributed by atoms with Gasteiger partial charge in [-0.3, -0.25) is 0 Å². The monoisotopic (exact) mass is 289 g/mol. The summed E-state index contributed by atoms with van der Waals surface area (Å²) in [6, 6.07) is 10.4. The van der Waals surface area contributed by atoms with E-state index >= 15 is 0 Å². The minimum absolute atomic E-state index is 0.133. The number of ether oxygens (including phenoxy) is 1. The second-order valence-corrected chi connectivity index (χ2v) is 5.43. The van der Waals surface area contributed by atoms with Gasteiger partial charge in [-0.05, 0) is 25.1 Å². The molecule has 21 heavy (non-hydrogen) atoms. The van der Waals surface area contributed by atoms with E-state index in [4.69, 9.17) is 9.15 Å². The van der Waals surface area contributed by atoms with Crippen molar-refractivity contribution in [2.75, 3.05) is 19.8 Å². The van der Waals surface area contributed by atoms with Crippen LogP contribution < -0.4 is 5.32 Å². The first-order chi connectivity index (χ1) is 10.3. The number of unbranched alkanes of at least 4 members (excludes halogenated alkanes) is 3. The van der Waals surface area contributed by atoms with Crippen molar-refractivity contribution >= 4 is 11.0 Å². The molecule has 1 heterocycles. The number of furan rings is 1. The van der Waals surface area contributed by atoms with Crippen LogP contribution in [0.2, 0.25) is 0 Å². The van der Waals surface area contributed by atoms with Gasteiger partial charge in [-0.25, -0.2) is 0 Å². The van der Waals surface area contributed by atoms with E-state index in [1.807, 2.05) is 18.2 Å². The molecule has 0 aliphatic carbocycles. The summed E-state index contributed by atoms with van der Waals surface area (Å²) in [6.45, 7) is 6.74. The fraction of sp³-hybridized carbons (Fsp3) is 0.556. The summed E-state index contributed by atoms with van der Waals surface area (Å²) in [5.74, 6) is 0.964. The Balaban J connectivity index is 1.88. The Morgan fingerprint density at radius 1 is 1.14 bits per heavy atom. The summed E-state index contributed by atoms with van der Waals surface area (Å²) >= 11 is 0. The number of para-hydroxylation sites is 1. The lowest BCUT2D eigenvalue weighted by molar-refractivity contribution is 0.103. The Hall–Kier alpha value is -1.32. The van der Waals surface area contributed by atoms with Crippen molar-refractivity contribution in [3.05, 3.63) is 36.1 Å². The van der Waals surface area contributed by atoms with Crippen LogP contribution in [0, 0.1) is 0 Å². The lowest BCUT2D eigenvalue weighted by Gasteiger charge is -2.15. The van der Waals surface area contributed by atoms with E-state index in [-0.39, 0.29) is 6.04 Å². The zero-order valence-corrected chi connectivity index (χ0v) is 13.2. The Bertz CT molecular complexity index is 488. The number of nitrogens with one attached hydrogen (secondary N) is 1. The van der Waals surface area contributed by atoms with Crippen molar-refractivity contribution < 1.29 is 9.15 Å². The topological polar surface area (TPSA) is 34.4 Å². The number of hydrogen-bond donors (Lipinski definition) is 1. The first-order valence-corrected chi connectivity index (χ1v) is 8.14. The van der Waals surface area contributed by atoms with Gasteiger partial charge in [-0.15, -0.1) is 0 Å². The van der Waals surface area contributed by atoms with E-state index in [9.17, 15) is 0 Å². The summed E-state index contributed by atoms with van der Waals surface area (Å²) in [6.07, 6.45) is 4.96. The Kier molecular flexibility index (Phi) is 6.77. The third-order valence-corrected chi connectivity index (χ3v) is 3.67. The maximum atomic E-state index is 5.94. The van der Waals surface area contributed by atoms with Crippen LogP contribution in [0.3, 0.4) is 0 Å². The van der Waals surface area contributed by atoms with Crippen LogP contribution in [0.4, 0.5) is 0 Å². The number of likely N-dealkylation sites (N-methyl/N-ethyl adjacent to an activating group) is 1. The van der Waals surface area contributed by atoms with E-state index in [1.165, 1.54) is 19.3 Å². The van der Waals surface area contributed by atoms with Crippen LogP contribution in [0.5, 0.6) is 0 Å². The van der Waals surface area contributed by atoms with Crippen LogP contribution >= 0.6 is 0 Å². The molecule has 0 saturated heterocycles. The smallest absolute Gasteiger partial charge is 0.134 e. The first kappa shape index (κ1) is 16.1. The number of rotatable bonds is 10.